The lowest BCUT2D eigenvalue weighted by Crippen LogP contribution is -2.48. The van der Waals surface area contributed by atoms with E-state index in [1.165, 1.54) is 19.1 Å². The van der Waals surface area contributed by atoms with Crippen molar-refractivity contribution in [2.75, 3.05) is 18.5 Å². The zero-order chi connectivity index (χ0) is 17.7. The van der Waals surface area contributed by atoms with Crippen molar-refractivity contribution in [3.05, 3.63) is 28.8 Å². The normalized spacial score (nSPS) is 18.5. The molecule has 0 radical (unpaired) electrons. The van der Waals surface area contributed by atoms with E-state index in [9.17, 15) is 19.5 Å². The first-order valence-electron chi connectivity index (χ1n) is 7.57. The third-order valence-corrected chi connectivity index (χ3v) is 4.08. The first-order valence-corrected chi connectivity index (χ1v) is 7.95. The minimum atomic E-state index is -1.12. The average molecular weight is 355 g/mol. The zero-order valence-electron chi connectivity index (χ0n) is 13.2. The number of rotatable bonds is 5. The number of carboxylic acid groups (broad SMARTS) is 1. The minimum Gasteiger partial charge on any atom is -0.480 e. The molecular weight excluding hydrogens is 336 g/mol. The second-order valence-electron chi connectivity index (χ2n) is 5.64. The topological polar surface area (TPSA) is 105 Å². The Kier molecular flexibility index (Phi) is 6.16. The molecule has 1 aromatic carbocycles. The van der Waals surface area contributed by atoms with E-state index in [4.69, 9.17) is 16.3 Å². The van der Waals surface area contributed by atoms with Crippen molar-refractivity contribution in [3.8, 4) is 0 Å². The van der Waals surface area contributed by atoms with Gasteiger partial charge in [-0.3, -0.25) is 9.59 Å². The number of benzene rings is 1. The SMILES string of the molecule is CC(=O)Nc1ccc(Cl)c(C(=O)NC(C(=O)O)C2CCCOC2)c1. The predicted molar refractivity (Wildman–Crippen MR) is 88.2 cm³/mol. The van der Waals surface area contributed by atoms with Crippen LogP contribution in [0.5, 0.6) is 0 Å². The fourth-order valence-electron chi connectivity index (χ4n) is 2.61. The van der Waals surface area contributed by atoms with Gasteiger partial charge >= 0.3 is 5.97 Å². The number of hydrogen-bond donors (Lipinski definition) is 3. The van der Waals surface area contributed by atoms with Crippen molar-refractivity contribution in [2.45, 2.75) is 25.8 Å². The summed E-state index contributed by atoms with van der Waals surface area (Å²) >= 11 is 6.03. The van der Waals surface area contributed by atoms with Gasteiger partial charge < -0.3 is 20.5 Å². The van der Waals surface area contributed by atoms with Crippen LogP contribution in [0.2, 0.25) is 5.02 Å². The van der Waals surface area contributed by atoms with Crippen molar-refractivity contribution in [3.63, 3.8) is 0 Å². The maximum atomic E-state index is 12.4. The lowest BCUT2D eigenvalue weighted by atomic mass is 9.93. The second kappa shape index (κ2) is 8.12. The van der Waals surface area contributed by atoms with E-state index in [1.54, 1.807) is 6.07 Å². The van der Waals surface area contributed by atoms with Crippen LogP contribution in [-0.4, -0.2) is 42.1 Å². The van der Waals surface area contributed by atoms with Gasteiger partial charge in [0.2, 0.25) is 5.91 Å². The van der Waals surface area contributed by atoms with E-state index < -0.39 is 17.9 Å². The highest BCUT2D eigenvalue weighted by Gasteiger charge is 2.32. The van der Waals surface area contributed by atoms with Crippen molar-refractivity contribution in [2.24, 2.45) is 5.92 Å². The van der Waals surface area contributed by atoms with Crippen molar-refractivity contribution < 1.29 is 24.2 Å². The second-order valence-corrected chi connectivity index (χ2v) is 6.05. The van der Waals surface area contributed by atoms with Crippen LogP contribution < -0.4 is 10.6 Å². The lowest BCUT2D eigenvalue weighted by molar-refractivity contribution is -0.142. The molecule has 130 valence electrons. The number of aliphatic carboxylic acids is 1. The number of carbonyl (C=O) groups is 3. The summed E-state index contributed by atoms with van der Waals surface area (Å²) in [6.07, 6.45) is 1.42. The van der Waals surface area contributed by atoms with Gasteiger partial charge in [-0.05, 0) is 31.0 Å². The van der Waals surface area contributed by atoms with E-state index in [0.717, 1.165) is 6.42 Å². The zero-order valence-corrected chi connectivity index (χ0v) is 13.9. The van der Waals surface area contributed by atoms with Gasteiger partial charge in [-0.2, -0.15) is 0 Å². The predicted octanol–water partition coefficient (Wildman–Crippen LogP) is 1.91. The number of halogens is 1. The van der Waals surface area contributed by atoms with Gasteiger partial charge in [0.25, 0.3) is 5.91 Å². The van der Waals surface area contributed by atoms with Gasteiger partial charge in [0.15, 0.2) is 0 Å². The Balaban J connectivity index is 2.17. The average Bonchev–Trinajstić information content (AvgIpc) is 2.54. The molecule has 3 N–H and O–H groups in total. The Bertz CT molecular complexity index is 643. The standard InChI is InChI=1S/C16H19ClN2O5/c1-9(20)18-11-4-5-13(17)12(7-11)15(21)19-14(16(22)23)10-3-2-6-24-8-10/h4-5,7,10,14H,2-3,6,8H2,1H3,(H,18,20)(H,19,21)(H,22,23). The maximum absolute atomic E-state index is 12.4. The fourth-order valence-corrected chi connectivity index (χ4v) is 2.81. The van der Waals surface area contributed by atoms with Crippen LogP contribution in [0.4, 0.5) is 5.69 Å². The van der Waals surface area contributed by atoms with Crippen molar-refractivity contribution >= 4 is 35.1 Å². The molecular formula is C16H19ClN2O5. The summed E-state index contributed by atoms with van der Waals surface area (Å²) in [6.45, 7) is 2.23. The summed E-state index contributed by atoms with van der Waals surface area (Å²) in [5, 5.41) is 14.6. The molecule has 24 heavy (non-hydrogen) atoms. The Morgan fingerprint density at radius 2 is 2.12 bits per heavy atom. The number of carbonyl (C=O) groups excluding carboxylic acids is 2. The third kappa shape index (κ3) is 4.69. The summed E-state index contributed by atoms with van der Waals surface area (Å²) in [6, 6.07) is 3.39. The van der Waals surface area contributed by atoms with Gasteiger partial charge in [-0.15, -0.1) is 0 Å². The molecule has 2 amide bonds. The summed E-state index contributed by atoms with van der Waals surface area (Å²) in [5.74, 6) is -2.30. The molecule has 1 saturated heterocycles. The van der Waals surface area contributed by atoms with Crippen molar-refractivity contribution in [1.29, 1.82) is 0 Å². The molecule has 0 saturated carbocycles. The molecule has 1 heterocycles. The highest BCUT2D eigenvalue weighted by atomic mass is 35.5. The van der Waals surface area contributed by atoms with Gasteiger partial charge in [0.1, 0.15) is 6.04 Å². The first-order chi connectivity index (χ1) is 11.4. The smallest absolute Gasteiger partial charge is 0.326 e. The van der Waals surface area contributed by atoms with Gasteiger partial charge in [-0.1, -0.05) is 11.6 Å². The van der Waals surface area contributed by atoms with Crippen LogP contribution in [-0.2, 0) is 14.3 Å². The highest BCUT2D eigenvalue weighted by Crippen LogP contribution is 2.22. The number of carboxylic acids is 1. The molecule has 1 aliphatic heterocycles. The highest BCUT2D eigenvalue weighted by molar-refractivity contribution is 6.34. The van der Waals surface area contributed by atoms with Gasteiger partial charge in [-0.25, -0.2) is 4.79 Å². The number of amides is 2. The molecule has 7 nitrogen and oxygen atoms in total. The number of anilines is 1. The van der Waals surface area contributed by atoms with Crippen LogP contribution in [0.15, 0.2) is 18.2 Å². The molecule has 0 aliphatic carbocycles. The molecule has 1 aliphatic rings. The Morgan fingerprint density at radius 1 is 1.38 bits per heavy atom. The number of hydrogen-bond acceptors (Lipinski definition) is 4. The van der Waals surface area contributed by atoms with E-state index in [2.05, 4.69) is 10.6 Å². The summed E-state index contributed by atoms with van der Waals surface area (Å²) in [5.41, 5.74) is 0.510. The number of ether oxygens (including phenoxy) is 1. The summed E-state index contributed by atoms with van der Waals surface area (Å²) in [4.78, 5) is 35.1. The summed E-state index contributed by atoms with van der Waals surface area (Å²) in [7, 11) is 0. The summed E-state index contributed by atoms with van der Waals surface area (Å²) < 4.78 is 5.30. The van der Waals surface area contributed by atoms with Crippen LogP contribution in [0, 0.1) is 5.92 Å². The van der Waals surface area contributed by atoms with Crippen LogP contribution >= 0.6 is 11.6 Å². The minimum absolute atomic E-state index is 0.103. The van der Waals surface area contributed by atoms with Gasteiger partial charge in [0.05, 0.1) is 17.2 Å². The van der Waals surface area contributed by atoms with Crippen LogP contribution in [0.3, 0.4) is 0 Å². The molecule has 8 heteroatoms. The maximum Gasteiger partial charge on any atom is 0.326 e. The molecule has 1 fully saturated rings. The molecule has 1 aromatic rings. The fraction of sp³-hybridized carbons (Fsp3) is 0.438. The first kappa shape index (κ1) is 18.2. The van der Waals surface area contributed by atoms with E-state index in [0.29, 0.717) is 18.7 Å². The van der Waals surface area contributed by atoms with Crippen molar-refractivity contribution in [1.82, 2.24) is 5.32 Å². The van der Waals surface area contributed by atoms with Crippen LogP contribution in [0.1, 0.15) is 30.1 Å². The lowest BCUT2D eigenvalue weighted by Gasteiger charge is -2.28. The Hall–Kier alpha value is -2.12. The number of nitrogens with one attached hydrogen (secondary N) is 2. The Labute approximate surface area is 144 Å². The van der Waals surface area contributed by atoms with E-state index in [-0.39, 0.29) is 29.0 Å². The quantitative estimate of drug-likeness (QED) is 0.749. The van der Waals surface area contributed by atoms with Crippen LogP contribution in [0.25, 0.3) is 0 Å². The monoisotopic (exact) mass is 354 g/mol. The van der Waals surface area contributed by atoms with Gasteiger partial charge in [0, 0.05) is 25.1 Å². The molecule has 0 spiro atoms. The third-order valence-electron chi connectivity index (χ3n) is 3.75. The molecule has 0 bridgehead atoms. The molecule has 0 aromatic heterocycles. The van der Waals surface area contributed by atoms with E-state index >= 15 is 0 Å². The largest absolute Gasteiger partial charge is 0.480 e. The van der Waals surface area contributed by atoms with E-state index in [1.807, 2.05) is 0 Å². The molecule has 2 atom stereocenters. The molecule has 2 rings (SSSR count). The Morgan fingerprint density at radius 3 is 2.71 bits per heavy atom. The molecule has 2 unspecified atom stereocenters.